The van der Waals surface area contributed by atoms with Crippen molar-refractivity contribution >= 4 is 50.8 Å². The van der Waals surface area contributed by atoms with Crippen LogP contribution in [0.1, 0.15) is 69.3 Å². The minimum atomic E-state index is -0.637. The third kappa shape index (κ3) is 8.81. The van der Waals surface area contributed by atoms with Crippen LogP contribution in [0.3, 0.4) is 0 Å². The molecule has 5 aromatic rings. The second-order valence-electron chi connectivity index (χ2n) is 15.8. The summed E-state index contributed by atoms with van der Waals surface area (Å²) in [5, 5.41) is 7.03. The Kier molecular flexibility index (Phi) is 10.6. The summed E-state index contributed by atoms with van der Waals surface area (Å²) < 4.78 is 13.6. The first-order valence-corrected chi connectivity index (χ1v) is 19.5. The number of benzene rings is 3. The van der Waals surface area contributed by atoms with Crippen molar-refractivity contribution in [3.8, 4) is 27.4 Å². The third-order valence-electron chi connectivity index (χ3n) is 10.2. The average Bonchev–Trinajstić information content (AvgIpc) is 3.71. The largest absolute Gasteiger partial charge is 0.493 e. The Labute approximate surface area is 326 Å². The van der Waals surface area contributed by atoms with E-state index in [4.69, 9.17) is 14.5 Å². The number of amides is 3. The molecule has 55 heavy (non-hydrogen) atoms. The van der Waals surface area contributed by atoms with Gasteiger partial charge in [0.15, 0.2) is 0 Å². The quantitative estimate of drug-likeness (QED) is 0.110. The van der Waals surface area contributed by atoms with Crippen LogP contribution in [0.15, 0.2) is 79.0 Å². The van der Waals surface area contributed by atoms with Crippen molar-refractivity contribution < 1.29 is 23.9 Å². The average molecular weight is 761 g/mol. The number of carbonyl (C=O) groups is 3. The fourth-order valence-corrected chi connectivity index (χ4v) is 7.93. The molecular formula is C43H48N6O5S. The Hall–Kier alpha value is -5.33. The standard InChI is InChI=1S/C43H48N6O5S/c1-42(2,47-31-12-15-34-36(24-31)55-40(45-34)28-9-7-27(8-10-28)29-11-17-37(44-25-29)48(5)6)19-22-54-43(3,4)20-21-53-32-13-14-33-30(23-32)26-49(41(33)52)35-16-18-38(50)46-39(35)51/h7-15,17,23-25,35,47H,16,18-22,26H2,1-6H3,(H,46,50,51). The Morgan fingerprint density at radius 2 is 1.67 bits per heavy atom. The maximum atomic E-state index is 13.0. The Morgan fingerprint density at radius 3 is 2.40 bits per heavy atom. The smallest absolute Gasteiger partial charge is 0.255 e. The molecule has 286 valence electrons. The number of pyridine rings is 1. The number of anilines is 2. The van der Waals surface area contributed by atoms with Crippen LogP contribution < -0.4 is 20.3 Å². The van der Waals surface area contributed by atoms with Gasteiger partial charge >= 0.3 is 0 Å². The van der Waals surface area contributed by atoms with Crippen molar-refractivity contribution in [3.63, 3.8) is 0 Å². The van der Waals surface area contributed by atoms with Gasteiger partial charge in [-0.1, -0.05) is 24.3 Å². The Bertz CT molecular complexity index is 2210. The summed E-state index contributed by atoms with van der Waals surface area (Å²) in [6, 6.07) is 23.7. The zero-order chi connectivity index (χ0) is 38.9. The molecule has 3 aromatic carbocycles. The van der Waals surface area contributed by atoms with Crippen molar-refractivity contribution in [1.82, 2.24) is 20.2 Å². The lowest BCUT2D eigenvalue weighted by Crippen LogP contribution is -2.52. The molecule has 1 atom stereocenters. The van der Waals surface area contributed by atoms with Gasteiger partial charge in [0.25, 0.3) is 5.91 Å². The van der Waals surface area contributed by atoms with Crippen LogP contribution in [0.25, 0.3) is 31.9 Å². The topological polar surface area (TPSA) is 126 Å². The molecule has 1 unspecified atom stereocenters. The molecule has 0 saturated carbocycles. The molecule has 2 aliphatic rings. The van der Waals surface area contributed by atoms with E-state index in [1.165, 1.54) is 0 Å². The van der Waals surface area contributed by atoms with E-state index in [0.29, 0.717) is 43.9 Å². The van der Waals surface area contributed by atoms with E-state index in [2.05, 4.69) is 91.8 Å². The summed E-state index contributed by atoms with van der Waals surface area (Å²) >= 11 is 1.69. The van der Waals surface area contributed by atoms with Gasteiger partial charge < -0.3 is 24.6 Å². The number of fused-ring (bicyclic) bond motifs is 2. The highest BCUT2D eigenvalue weighted by molar-refractivity contribution is 7.21. The second kappa shape index (κ2) is 15.4. The van der Waals surface area contributed by atoms with Crippen molar-refractivity contribution in [3.05, 3.63) is 90.1 Å². The SMILES string of the molecule is CN(C)c1ccc(-c2ccc(-c3nc4ccc(NC(C)(C)CCOC(C)(C)CCOc5ccc6c(c5)CN(C5CCC(=O)NC5=O)C6=O)cc4s3)cc2)cn1. The minimum Gasteiger partial charge on any atom is -0.493 e. The van der Waals surface area contributed by atoms with Gasteiger partial charge in [-0.25, -0.2) is 9.97 Å². The van der Waals surface area contributed by atoms with Crippen LogP contribution in [0.5, 0.6) is 5.75 Å². The van der Waals surface area contributed by atoms with Crippen molar-refractivity contribution in [2.24, 2.45) is 0 Å². The minimum absolute atomic E-state index is 0.195. The van der Waals surface area contributed by atoms with Gasteiger partial charge in [-0.15, -0.1) is 11.3 Å². The van der Waals surface area contributed by atoms with E-state index in [1.807, 2.05) is 37.3 Å². The first kappa shape index (κ1) is 38.0. The summed E-state index contributed by atoms with van der Waals surface area (Å²) in [5.74, 6) is 0.691. The van der Waals surface area contributed by atoms with Gasteiger partial charge in [0.05, 0.1) is 22.4 Å². The molecule has 0 spiro atoms. The second-order valence-corrected chi connectivity index (χ2v) is 16.8. The number of carbonyl (C=O) groups excluding carboxylic acids is 3. The molecule has 11 nitrogen and oxygen atoms in total. The summed E-state index contributed by atoms with van der Waals surface area (Å²) in [5.41, 5.74) is 6.07. The fraction of sp³-hybridized carbons (Fsp3) is 0.372. The van der Waals surface area contributed by atoms with Gasteiger partial charge in [0, 0.05) is 74.2 Å². The maximum absolute atomic E-state index is 13.0. The van der Waals surface area contributed by atoms with Gasteiger partial charge in [0.2, 0.25) is 11.8 Å². The number of aromatic nitrogens is 2. The molecular weight excluding hydrogens is 713 g/mol. The molecule has 0 aliphatic carbocycles. The highest BCUT2D eigenvalue weighted by Gasteiger charge is 2.39. The van der Waals surface area contributed by atoms with Crippen LogP contribution in [0.4, 0.5) is 11.5 Å². The molecule has 3 amide bonds. The molecule has 0 radical (unpaired) electrons. The fourth-order valence-electron chi connectivity index (χ4n) is 6.92. The number of nitrogens with one attached hydrogen (secondary N) is 2. The third-order valence-corrected chi connectivity index (χ3v) is 11.3. The van der Waals surface area contributed by atoms with E-state index in [0.717, 1.165) is 55.4 Å². The molecule has 2 N–H and O–H groups in total. The van der Waals surface area contributed by atoms with Crippen molar-refractivity contribution in [1.29, 1.82) is 0 Å². The van der Waals surface area contributed by atoms with E-state index in [9.17, 15) is 14.4 Å². The van der Waals surface area contributed by atoms with Crippen molar-refractivity contribution in [2.75, 3.05) is 37.5 Å². The van der Waals surface area contributed by atoms with Crippen LogP contribution in [0, 0.1) is 0 Å². The maximum Gasteiger partial charge on any atom is 0.255 e. The Balaban J connectivity index is 0.878. The van der Waals surface area contributed by atoms with Crippen LogP contribution in [-0.4, -0.2) is 77.1 Å². The molecule has 7 rings (SSSR count). The number of rotatable bonds is 14. The number of hydrogen-bond donors (Lipinski definition) is 2. The van der Waals surface area contributed by atoms with Gasteiger partial charge in [-0.05, 0) is 100 Å². The van der Waals surface area contributed by atoms with E-state index < -0.39 is 17.6 Å². The molecule has 12 heteroatoms. The number of hydrogen-bond acceptors (Lipinski definition) is 10. The van der Waals surface area contributed by atoms with E-state index >= 15 is 0 Å². The lowest BCUT2D eigenvalue weighted by atomic mass is 10.00. The summed E-state index contributed by atoms with van der Waals surface area (Å²) in [6.45, 7) is 9.83. The zero-order valence-electron chi connectivity index (χ0n) is 32.3. The highest BCUT2D eigenvalue weighted by atomic mass is 32.1. The number of thiazole rings is 1. The lowest BCUT2D eigenvalue weighted by Gasteiger charge is -2.31. The van der Waals surface area contributed by atoms with E-state index in [-0.39, 0.29) is 23.8 Å². The predicted molar refractivity (Wildman–Crippen MR) is 218 cm³/mol. The molecule has 1 saturated heterocycles. The predicted octanol–water partition coefficient (Wildman–Crippen LogP) is 7.70. The van der Waals surface area contributed by atoms with Crippen molar-refractivity contribution in [2.45, 2.75) is 77.1 Å². The molecule has 4 heterocycles. The lowest BCUT2D eigenvalue weighted by molar-refractivity contribution is -0.136. The van der Waals surface area contributed by atoms with Crippen LogP contribution in [-0.2, 0) is 20.9 Å². The number of imide groups is 1. The highest BCUT2D eigenvalue weighted by Crippen LogP contribution is 2.35. The molecule has 0 bridgehead atoms. The monoisotopic (exact) mass is 760 g/mol. The van der Waals surface area contributed by atoms with Crippen LogP contribution in [0.2, 0.25) is 0 Å². The zero-order valence-corrected chi connectivity index (χ0v) is 33.1. The van der Waals surface area contributed by atoms with Gasteiger partial charge in [0.1, 0.15) is 22.6 Å². The number of ether oxygens (including phenoxy) is 2. The first-order chi connectivity index (χ1) is 26.2. The summed E-state index contributed by atoms with van der Waals surface area (Å²) in [6.07, 6.45) is 3.95. The summed E-state index contributed by atoms with van der Waals surface area (Å²) in [7, 11) is 3.97. The van der Waals surface area contributed by atoms with Gasteiger partial charge in [-0.2, -0.15) is 0 Å². The first-order valence-electron chi connectivity index (χ1n) is 18.7. The van der Waals surface area contributed by atoms with Crippen LogP contribution >= 0.6 is 11.3 Å². The molecule has 2 aromatic heterocycles. The summed E-state index contributed by atoms with van der Waals surface area (Å²) in [4.78, 5) is 50.0. The molecule has 2 aliphatic heterocycles. The number of nitrogens with zero attached hydrogens (tertiary/aromatic N) is 4. The number of piperidine rings is 1. The molecule has 1 fully saturated rings. The van der Waals surface area contributed by atoms with Gasteiger partial charge in [-0.3, -0.25) is 19.7 Å². The normalized spacial score (nSPS) is 16.0. The van der Waals surface area contributed by atoms with E-state index in [1.54, 1.807) is 28.4 Å². The Morgan fingerprint density at radius 1 is 0.909 bits per heavy atom.